The van der Waals surface area contributed by atoms with E-state index in [-0.39, 0.29) is 46.1 Å². The van der Waals surface area contributed by atoms with Gasteiger partial charge in [-0.15, -0.1) is 0 Å². The zero-order valence-electron chi connectivity index (χ0n) is 26.3. The maximum Gasteiger partial charge on any atom is 0.335 e. The molecule has 0 radical (unpaired) electrons. The van der Waals surface area contributed by atoms with Crippen molar-refractivity contribution in [3.63, 3.8) is 0 Å². The Bertz CT molecular complexity index is 1490. The first kappa shape index (κ1) is 31.5. The van der Waals surface area contributed by atoms with Gasteiger partial charge in [-0.1, -0.05) is 73.6 Å². The molecule has 2 fully saturated rings. The average Bonchev–Trinajstić information content (AvgIpc) is 3.54. The molecule has 1 aromatic carbocycles. The van der Waals surface area contributed by atoms with Crippen molar-refractivity contribution in [2.24, 2.45) is 0 Å². The minimum absolute atomic E-state index is 0.208. The van der Waals surface area contributed by atoms with Gasteiger partial charge in [0.2, 0.25) is 0 Å². The SMILES string of the molecule is CC(C)[Si]1(C(C)C)OC[C@H]2O[C@@H](n3cc(C#N)c4c(NC(=O)c5ccccc5)ncnc43)C[C@@H]2O[Si](C(C)C)(C(C)C)O1. The molecule has 0 spiro atoms. The highest BCUT2D eigenvalue weighted by Crippen LogP contribution is 2.48. The van der Waals surface area contributed by atoms with Gasteiger partial charge in [-0.25, -0.2) is 9.97 Å². The van der Waals surface area contributed by atoms with E-state index in [0.29, 0.717) is 35.2 Å². The van der Waals surface area contributed by atoms with Gasteiger partial charge in [0.15, 0.2) is 0 Å². The number of anilines is 1. The monoisotopic (exact) mass is 621 g/mol. The fourth-order valence-electron chi connectivity index (χ4n) is 6.56. The number of rotatable bonds is 7. The maximum atomic E-state index is 13.0. The molecule has 0 unspecified atom stereocenters. The maximum absolute atomic E-state index is 13.0. The van der Waals surface area contributed by atoms with Crippen LogP contribution in [0.15, 0.2) is 42.9 Å². The van der Waals surface area contributed by atoms with Crippen molar-refractivity contribution in [1.82, 2.24) is 14.5 Å². The zero-order valence-corrected chi connectivity index (χ0v) is 28.3. The molecule has 2 aromatic heterocycles. The number of hydrogen-bond donors (Lipinski definition) is 1. The predicted molar refractivity (Wildman–Crippen MR) is 169 cm³/mol. The highest BCUT2D eigenvalue weighted by Gasteiger charge is 2.60. The van der Waals surface area contributed by atoms with Crippen LogP contribution in [0.2, 0.25) is 22.2 Å². The molecule has 0 saturated carbocycles. The first-order valence-electron chi connectivity index (χ1n) is 15.2. The first-order chi connectivity index (χ1) is 20.4. The van der Waals surface area contributed by atoms with Gasteiger partial charge in [-0.2, -0.15) is 5.26 Å². The quantitative estimate of drug-likeness (QED) is 0.286. The lowest BCUT2D eigenvalue weighted by Crippen LogP contribution is -2.65. The summed E-state index contributed by atoms with van der Waals surface area (Å²) in [5.41, 5.74) is 2.25. The van der Waals surface area contributed by atoms with Crippen LogP contribution < -0.4 is 5.32 Å². The van der Waals surface area contributed by atoms with Crippen LogP contribution in [0.3, 0.4) is 0 Å². The molecule has 1 amide bonds. The Labute approximate surface area is 256 Å². The number of fused-ring (bicyclic) bond motifs is 2. The van der Waals surface area contributed by atoms with Crippen LogP contribution in [-0.4, -0.2) is 56.4 Å². The number of benzene rings is 1. The number of nitrogens with one attached hydrogen (secondary N) is 1. The standard InChI is InChI=1S/C31H43N5O5Si2/c1-19(2)42(20(3)4)38-17-26-25(40-43(41-42,21(5)6)22(7)8)14-27(39-26)36-16-24(15-32)28-29(33-18-34-30(28)36)35-31(37)23-12-10-9-11-13-23/h9-13,16,18-22,25-27H,14,17H2,1-8H3,(H,33,34,35,37)/t25-,26+,27+/m0/s1. The second kappa shape index (κ2) is 12.2. The molecular weight excluding hydrogens is 579 g/mol. The minimum atomic E-state index is -2.79. The molecule has 2 aliphatic heterocycles. The zero-order chi connectivity index (χ0) is 31.1. The second-order valence-electron chi connectivity index (χ2n) is 12.8. The number of hydrogen-bond acceptors (Lipinski definition) is 8. The number of amides is 1. The summed E-state index contributed by atoms with van der Waals surface area (Å²) in [7, 11) is -5.48. The molecule has 230 valence electrons. The van der Waals surface area contributed by atoms with Crippen LogP contribution in [0, 0.1) is 11.3 Å². The van der Waals surface area contributed by atoms with E-state index in [2.05, 4.69) is 76.7 Å². The summed E-state index contributed by atoms with van der Waals surface area (Å²) in [4.78, 5) is 21.8. The highest BCUT2D eigenvalue weighted by atomic mass is 28.5. The molecule has 2 saturated heterocycles. The number of ether oxygens (including phenoxy) is 1. The van der Waals surface area contributed by atoms with Crippen molar-refractivity contribution < 1.29 is 22.5 Å². The molecule has 10 nitrogen and oxygen atoms in total. The summed E-state index contributed by atoms with van der Waals surface area (Å²) in [6, 6.07) is 11.1. The second-order valence-corrected chi connectivity index (χ2v) is 21.6. The molecule has 12 heteroatoms. The Morgan fingerprint density at radius 3 is 2.23 bits per heavy atom. The topological polar surface area (TPSA) is 121 Å². The third kappa shape index (κ3) is 5.58. The molecule has 5 rings (SSSR count). The summed E-state index contributed by atoms with van der Waals surface area (Å²) < 4.78 is 29.9. The number of carbonyl (C=O) groups is 1. The summed E-state index contributed by atoms with van der Waals surface area (Å²) >= 11 is 0. The van der Waals surface area contributed by atoms with Crippen LogP contribution >= 0.6 is 0 Å². The first-order valence-corrected chi connectivity index (χ1v) is 19.2. The van der Waals surface area contributed by atoms with Crippen LogP contribution in [-0.2, 0) is 17.7 Å². The van der Waals surface area contributed by atoms with E-state index < -0.39 is 23.3 Å². The van der Waals surface area contributed by atoms with Gasteiger partial charge in [0.1, 0.15) is 36.2 Å². The van der Waals surface area contributed by atoms with E-state index in [0.717, 1.165) is 0 Å². The summed E-state index contributed by atoms with van der Waals surface area (Å²) in [5.74, 6) is -0.0353. The van der Waals surface area contributed by atoms with Crippen molar-refractivity contribution >= 4 is 39.9 Å². The van der Waals surface area contributed by atoms with Gasteiger partial charge < -0.3 is 27.6 Å². The van der Waals surface area contributed by atoms with Crippen LogP contribution in [0.5, 0.6) is 0 Å². The van der Waals surface area contributed by atoms with E-state index in [1.54, 1.807) is 30.5 Å². The van der Waals surface area contributed by atoms with Crippen molar-refractivity contribution in [2.45, 2.75) is 102 Å². The lowest BCUT2D eigenvalue weighted by molar-refractivity contribution is -0.0543. The molecular formula is C31H43N5O5Si2. The van der Waals surface area contributed by atoms with Gasteiger partial charge in [0, 0.05) is 18.2 Å². The number of nitrogens with zero attached hydrogens (tertiary/aromatic N) is 4. The Morgan fingerprint density at radius 2 is 1.63 bits per heavy atom. The summed E-state index contributed by atoms with van der Waals surface area (Å²) in [6.07, 6.45) is 2.68. The minimum Gasteiger partial charge on any atom is -0.414 e. The van der Waals surface area contributed by atoms with E-state index in [1.165, 1.54) is 6.33 Å². The van der Waals surface area contributed by atoms with Crippen molar-refractivity contribution in [1.29, 1.82) is 5.26 Å². The van der Waals surface area contributed by atoms with Gasteiger partial charge >= 0.3 is 17.1 Å². The smallest absolute Gasteiger partial charge is 0.335 e. The van der Waals surface area contributed by atoms with E-state index >= 15 is 0 Å². The van der Waals surface area contributed by atoms with Crippen molar-refractivity contribution in [2.75, 3.05) is 11.9 Å². The number of carbonyl (C=O) groups excluding carboxylic acids is 1. The third-order valence-corrected chi connectivity index (χ3v) is 19.1. The van der Waals surface area contributed by atoms with E-state index in [4.69, 9.17) is 17.7 Å². The van der Waals surface area contributed by atoms with Gasteiger partial charge in [0.25, 0.3) is 5.91 Å². The normalized spacial score (nSPS) is 23.4. The third-order valence-electron chi connectivity index (χ3n) is 8.84. The van der Waals surface area contributed by atoms with Gasteiger partial charge in [-0.05, 0) is 34.3 Å². The summed E-state index contributed by atoms with van der Waals surface area (Å²) in [6.45, 7) is 18.0. The molecule has 1 N–H and O–H groups in total. The average molecular weight is 622 g/mol. The van der Waals surface area contributed by atoms with Crippen LogP contribution in [0.4, 0.5) is 5.82 Å². The van der Waals surface area contributed by atoms with Crippen molar-refractivity contribution in [3.05, 3.63) is 54.0 Å². The highest BCUT2D eigenvalue weighted by molar-refractivity contribution is 6.84. The molecule has 43 heavy (non-hydrogen) atoms. The van der Waals surface area contributed by atoms with E-state index in [1.807, 2.05) is 10.6 Å². The lowest BCUT2D eigenvalue weighted by Gasteiger charge is -2.51. The van der Waals surface area contributed by atoms with Gasteiger partial charge in [-0.3, -0.25) is 4.79 Å². The molecule has 2 aliphatic rings. The molecule has 3 aromatic rings. The predicted octanol–water partition coefficient (Wildman–Crippen LogP) is 6.80. The van der Waals surface area contributed by atoms with Crippen molar-refractivity contribution in [3.8, 4) is 6.07 Å². The lowest BCUT2D eigenvalue weighted by atomic mass is 10.2. The Hall–Kier alpha value is -2.93. The van der Waals surface area contributed by atoms with Crippen LogP contribution in [0.25, 0.3) is 11.0 Å². The van der Waals surface area contributed by atoms with Gasteiger partial charge in [0.05, 0.1) is 23.7 Å². The Kier molecular flexibility index (Phi) is 8.95. The fraction of sp³-hybridized carbons (Fsp3) is 0.548. The molecule has 3 atom stereocenters. The number of aromatic nitrogens is 3. The Morgan fingerprint density at radius 1 is 0.977 bits per heavy atom. The number of nitriles is 1. The Balaban J connectivity index is 1.51. The summed E-state index contributed by atoms with van der Waals surface area (Å²) in [5, 5.41) is 13.4. The van der Waals surface area contributed by atoms with Crippen LogP contribution in [0.1, 0.15) is 84.0 Å². The molecule has 0 aliphatic carbocycles. The largest absolute Gasteiger partial charge is 0.414 e. The van der Waals surface area contributed by atoms with E-state index in [9.17, 15) is 10.1 Å². The molecule has 0 bridgehead atoms. The fourth-order valence-corrected chi connectivity index (χ4v) is 17.8. The molecule has 4 heterocycles.